The van der Waals surface area contributed by atoms with E-state index in [4.69, 9.17) is 10.2 Å². The summed E-state index contributed by atoms with van der Waals surface area (Å²) in [5.74, 6) is -3.68. The average Bonchev–Trinajstić information content (AvgIpc) is 2.61. The van der Waals surface area contributed by atoms with E-state index in [-0.39, 0.29) is 19.5 Å². The standard InChI is InChI=1S/C10H16F3NO3/c1-2-8(9(16)17)14-3-6(5-15)7(4-14)10(11,12)13/h6-8,15H,2-5H2,1H3,(H,16,17)/t6-,7+,8+/m0/s1. The smallest absolute Gasteiger partial charge is 0.393 e. The Hall–Kier alpha value is -0.820. The van der Waals surface area contributed by atoms with Crippen LogP contribution in [0.1, 0.15) is 13.3 Å². The molecule has 1 saturated heterocycles. The fraction of sp³-hybridized carbons (Fsp3) is 0.900. The van der Waals surface area contributed by atoms with E-state index in [0.717, 1.165) is 0 Å². The largest absolute Gasteiger partial charge is 0.480 e. The Kier molecular flexibility index (Phi) is 4.37. The summed E-state index contributed by atoms with van der Waals surface area (Å²) in [4.78, 5) is 12.2. The number of carboxylic acids is 1. The predicted molar refractivity (Wildman–Crippen MR) is 53.4 cm³/mol. The molecule has 0 aliphatic carbocycles. The number of hydrogen-bond donors (Lipinski definition) is 2. The number of alkyl halides is 3. The van der Waals surface area contributed by atoms with Crippen LogP contribution >= 0.6 is 0 Å². The summed E-state index contributed by atoms with van der Waals surface area (Å²) in [6.45, 7) is 0.676. The molecule has 0 spiro atoms. The summed E-state index contributed by atoms with van der Waals surface area (Å²) < 4.78 is 38.0. The summed E-state index contributed by atoms with van der Waals surface area (Å²) in [7, 11) is 0. The van der Waals surface area contributed by atoms with Gasteiger partial charge in [-0.05, 0) is 6.42 Å². The normalized spacial score (nSPS) is 28.3. The predicted octanol–water partition coefficient (Wildman–Crippen LogP) is 0.952. The molecular formula is C10H16F3NO3. The molecule has 3 atom stereocenters. The highest BCUT2D eigenvalue weighted by molar-refractivity contribution is 5.73. The number of halogens is 3. The number of carbonyl (C=O) groups is 1. The second kappa shape index (κ2) is 5.22. The molecule has 17 heavy (non-hydrogen) atoms. The first-order valence-corrected chi connectivity index (χ1v) is 5.45. The van der Waals surface area contributed by atoms with Crippen LogP contribution in [0.15, 0.2) is 0 Å². The number of aliphatic carboxylic acids is 1. The first-order valence-electron chi connectivity index (χ1n) is 5.45. The lowest BCUT2D eigenvalue weighted by atomic mass is 9.97. The van der Waals surface area contributed by atoms with Crippen molar-refractivity contribution in [1.29, 1.82) is 0 Å². The number of carboxylic acid groups (broad SMARTS) is 1. The van der Waals surface area contributed by atoms with Gasteiger partial charge in [0.05, 0.1) is 5.92 Å². The molecule has 7 heteroatoms. The Balaban J connectivity index is 2.79. The van der Waals surface area contributed by atoms with Crippen molar-refractivity contribution in [2.45, 2.75) is 25.6 Å². The third-order valence-corrected chi connectivity index (χ3v) is 3.24. The number of hydrogen-bond acceptors (Lipinski definition) is 3. The molecular weight excluding hydrogens is 239 g/mol. The maximum Gasteiger partial charge on any atom is 0.393 e. The number of rotatable bonds is 4. The Morgan fingerprint density at radius 3 is 2.35 bits per heavy atom. The molecule has 0 aromatic rings. The molecule has 0 bridgehead atoms. The fourth-order valence-electron chi connectivity index (χ4n) is 2.30. The minimum absolute atomic E-state index is 0.0223. The summed E-state index contributed by atoms with van der Waals surface area (Å²) in [5, 5.41) is 17.8. The summed E-state index contributed by atoms with van der Waals surface area (Å²) in [5.41, 5.74) is 0. The second-order valence-electron chi connectivity index (χ2n) is 4.31. The Bertz CT molecular complexity index is 282. The van der Waals surface area contributed by atoms with Gasteiger partial charge in [-0.3, -0.25) is 9.69 Å². The van der Waals surface area contributed by atoms with Crippen molar-refractivity contribution in [3.05, 3.63) is 0 Å². The van der Waals surface area contributed by atoms with E-state index < -0.39 is 36.6 Å². The summed E-state index contributed by atoms with van der Waals surface area (Å²) >= 11 is 0. The summed E-state index contributed by atoms with van der Waals surface area (Å²) in [6, 6.07) is -0.906. The molecule has 1 aliphatic heterocycles. The zero-order valence-electron chi connectivity index (χ0n) is 9.44. The lowest BCUT2D eigenvalue weighted by molar-refractivity contribution is -0.183. The van der Waals surface area contributed by atoms with Crippen LogP contribution in [-0.2, 0) is 4.79 Å². The van der Waals surface area contributed by atoms with Gasteiger partial charge in [-0.2, -0.15) is 13.2 Å². The maximum absolute atomic E-state index is 12.7. The Labute approximate surface area is 97.0 Å². The van der Waals surface area contributed by atoms with Crippen molar-refractivity contribution >= 4 is 5.97 Å². The third kappa shape index (κ3) is 3.10. The summed E-state index contributed by atoms with van der Waals surface area (Å²) in [6.07, 6.45) is -4.14. The molecule has 0 unspecified atom stereocenters. The van der Waals surface area contributed by atoms with Crippen LogP contribution < -0.4 is 0 Å². The van der Waals surface area contributed by atoms with Gasteiger partial charge < -0.3 is 10.2 Å². The van der Waals surface area contributed by atoms with Crippen LogP contribution in [0.4, 0.5) is 13.2 Å². The topological polar surface area (TPSA) is 60.8 Å². The van der Waals surface area contributed by atoms with E-state index in [1.54, 1.807) is 6.92 Å². The maximum atomic E-state index is 12.7. The fourth-order valence-corrected chi connectivity index (χ4v) is 2.30. The minimum atomic E-state index is -4.39. The molecule has 100 valence electrons. The first-order chi connectivity index (χ1) is 7.81. The van der Waals surface area contributed by atoms with Crippen LogP contribution in [0.5, 0.6) is 0 Å². The number of aliphatic hydroxyl groups excluding tert-OH is 1. The van der Waals surface area contributed by atoms with Gasteiger partial charge in [0.15, 0.2) is 0 Å². The van der Waals surface area contributed by atoms with Gasteiger partial charge in [0, 0.05) is 25.6 Å². The zero-order chi connectivity index (χ0) is 13.2. The lowest BCUT2D eigenvalue weighted by Gasteiger charge is -2.23. The minimum Gasteiger partial charge on any atom is -0.480 e. The van der Waals surface area contributed by atoms with Crippen LogP contribution in [-0.4, -0.2) is 53.0 Å². The van der Waals surface area contributed by atoms with Gasteiger partial charge in [-0.25, -0.2) is 0 Å². The number of aliphatic hydroxyl groups is 1. The highest BCUT2D eigenvalue weighted by Crippen LogP contribution is 2.38. The van der Waals surface area contributed by atoms with Gasteiger partial charge in [0.1, 0.15) is 6.04 Å². The van der Waals surface area contributed by atoms with Gasteiger partial charge >= 0.3 is 12.1 Å². The van der Waals surface area contributed by atoms with E-state index in [1.165, 1.54) is 4.90 Å². The molecule has 0 aromatic heterocycles. The highest BCUT2D eigenvalue weighted by Gasteiger charge is 2.50. The van der Waals surface area contributed by atoms with Crippen molar-refractivity contribution in [2.24, 2.45) is 11.8 Å². The van der Waals surface area contributed by atoms with E-state index in [2.05, 4.69) is 0 Å². The SMILES string of the molecule is CC[C@H](C(=O)O)N1C[C@@H](CO)[C@H](C(F)(F)F)C1. The highest BCUT2D eigenvalue weighted by atomic mass is 19.4. The van der Waals surface area contributed by atoms with Crippen molar-refractivity contribution in [2.75, 3.05) is 19.7 Å². The molecule has 0 saturated carbocycles. The van der Waals surface area contributed by atoms with E-state index in [9.17, 15) is 18.0 Å². The molecule has 2 N–H and O–H groups in total. The van der Waals surface area contributed by atoms with Gasteiger partial charge in [-0.15, -0.1) is 0 Å². The van der Waals surface area contributed by atoms with Crippen molar-refractivity contribution in [3.63, 3.8) is 0 Å². The molecule has 4 nitrogen and oxygen atoms in total. The van der Waals surface area contributed by atoms with Crippen LogP contribution in [0, 0.1) is 11.8 Å². The van der Waals surface area contributed by atoms with Crippen molar-refractivity contribution in [1.82, 2.24) is 4.90 Å². The zero-order valence-corrected chi connectivity index (χ0v) is 9.44. The first kappa shape index (κ1) is 14.2. The monoisotopic (exact) mass is 255 g/mol. The number of likely N-dealkylation sites (tertiary alicyclic amines) is 1. The number of nitrogens with zero attached hydrogens (tertiary/aromatic N) is 1. The van der Waals surface area contributed by atoms with Gasteiger partial charge in [0.2, 0.25) is 0 Å². The van der Waals surface area contributed by atoms with Crippen molar-refractivity contribution < 1.29 is 28.2 Å². The van der Waals surface area contributed by atoms with Crippen molar-refractivity contribution in [3.8, 4) is 0 Å². The van der Waals surface area contributed by atoms with E-state index in [1.807, 2.05) is 0 Å². The lowest BCUT2D eigenvalue weighted by Crippen LogP contribution is -2.40. The third-order valence-electron chi connectivity index (χ3n) is 3.24. The van der Waals surface area contributed by atoms with Crippen LogP contribution in [0.3, 0.4) is 0 Å². The quantitative estimate of drug-likeness (QED) is 0.785. The molecule has 1 rings (SSSR count). The molecule has 1 aliphatic rings. The van der Waals surface area contributed by atoms with Crippen LogP contribution in [0.2, 0.25) is 0 Å². The second-order valence-corrected chi connectivity index (χ2v) is 4.31. The van der Waals surface area contributed by atoms with E-state index >= 15 is 0 Å². The van der Waals surface area contributed by atoms with Gasteiger partial charge in [-0.1, -0.05) is 6.92 Å². The molecule has 1 fully saturated rings. The molecule has 0 radical (unpaired) electrons. The molecule has 0 aromatic carbocycles. The Morgan fingerprint density at radius 2 is 2.06 bits per heavy atom. The molecule has 1 heterocycles. The van der Waals surface area contributed by atoms with Gasteiger partial charge in [0.25, 0.3) is 0 Å². The van der Waals surface area contributed by atoms with Crippen LogP contribution in [0.25, 0.3) is 0 Å². The average molecular weight is 255 g/mol. The van der Waals surface area contributed by atoms with E-state index in [0.29, 0.717) is 0 Å². The Morgan fingerprint density at radius 1 is 1.47 bits per heavy atom. The molecule has 0 amide bonds.